The van der Waals surface area contributed by atoms with E-state index in [1.807, 2.05) is 12.1 Å². The lowest BCUT2D eigenvalue weighted by Gasteiger charge is -2.20. The summed E-state index contributed by atoms with van der Waals surface area (Å²) in [6, 6.07) is 11.3. The third-order valence-electron chi connectivity index (χ3n) is 5.00. The van der Waals surface area contributed by atoms with Gasteiger partial charge in [0.25, 0.3) is 0 Å². The van der Waals surface area contributed by atoms with E-state index >= 15 is 0 Å². The molecule has 0 saturated heterocycles. The van der Waals surface area contributed by atoms with E-state index in [4.69, 9.17) is 4.74 Å². The average Bonchev–Trinajstić information content (AvgIpc) is 2.86. The summed E-state index contributed by atoms with van der Waals surface area (Å²) in [6.45, 7) is 2.40. The average molecular weight is 406 g/mol. The number of rotatable bonds is 5. The highest BCUT2D eigenvalue weighted by Crippen LogP contribution is 2.30. The molecule has 2 aromatic carbocycles. The fourth-order valence-corrected chi connectivity index (χ4v) is 3.32. The lowest BCUT2D eigenvalue weighted by atomic mass is 10.0. The van der Waals surface area contributed by atoms with Crippen molar-refractivity contribution in [2.45, 2.75) is 32.1 Å². The van der Waals surface area contributed by atoms with Crippen LogP contribution in [0.15, 0.2) is 42.5 Å². The molecule has 4 nitrogen and oxygen atoms in total. The van der Waals surface area contributed by atoms with Gasteiger partial charge in [0.15, 0.2) is 0 Å². The quantitative estimate of drug-likeness (QED) is 0.749. The van der Waals surface area contributed by atoms with E-state index in [9.17, 15) is 18.0 Å². The molecule has 0 bridgehead atoms. The Labute approximate surface area is 168 Å². The van der Waals surface area contributed by atoms with Crippen LogP contribution in [0.5, 0.6) is 5.75 Å². The molecule has 1 amide bonds. The Morgan fingerprint density at radius 3 is 2.45 bits per heavy atom. The number of carbonyl (C=O) groups is 1. The third kappa shape index (κ3) is 5.73. The van der Waals surface area contributed by atoms with Crippen LogP contribution in [0.3, 0.4) is 0 Å². The minimum Gasteiger partial charge on any atom is -0.492 e. The highest BCUT2D eigenvalue weighted by atomic mass is 19.4. The first-order valence-electron chi connectivity index (χ1n) is 9.55. The Morgan fingerprint density at radius 1 is 1.10 bits per heavy atom. The van der Waals surface area contributed by atoms with Crippen LogP contribution in [0, 0.1) is 0 Å². The van der Waals surface area contributed by atoms with E-state index in [2.05, 4.69) is 11.0 Å². The molecule has 1 aliphatic rings. The van der Waals surface area contributed by atoms with Crippen molar-refractivity contribution >= 4 is 5.91 Å². The van der Waals surface area contributed by atoms with Gasteiger partial charge in [-0.2, -0.15) is 13.2 Å². The van der Waals surface area contributed by atoms with Crippen molar-refractivity contribution in [2.24, 2.45) is 0 Å². The summed E-state index contributed by atoms with van der Waals surface area (Å²) in [5.41, 5.74) is 2.29. The zero-order valence-corrected chi connectivity index (χ0v) is 16.6. The van der Waals surface area contributed by atoms with Gasteiger partial charge in [-0.15, -0.1) is 0 Å². The molecule has 1 aliphatic heterocycles. The van der Waals surface area contributed by atoms with E-state index in [0.29, 0.717) is 39.1 Å². The molecule has 0 fully saturated rings. The van der Waals surface area contributed by atoms with E-state index in [1.165, 1.54) is 12.1 Å². The molecule has 0 atom stereocenters. The van der Waals surface area contributed by atoms with Crippen LogP contribution in [0.2, 0.25) is 0 Å². The molecular weight excluding hydrogens is 381 g/mol. The van der Waals surface area contributed by atoms with Crippen LogP contribution in [0.4, 0.5) is 13.2 Å². The maximum atomic E-state index is 12.7. The first kappa shape index (κ1) is 21.2. The number of alkyl halides is 3. The lowest BCUT2D eigenvalue weighted by Crippen LogP contribution is -2.25. The monoisotopic (exact) mass is 406 g/mol. The van der Waals surface area contributed by atoms with Crippen molar-refractivity contribution in [1.29, 1.82) is 0 Å². The molecule has 0 aromatic heterocycles. The molecule has 0 spiro atoms. The Hall–Kier alpha value is -2.54. The largest absolute Gasteiger partial charge is 0.492 e. The van der Waals surface area contributed by atoms with E-state index in [0.717, 1.165) is 34.6 Å². The summed E-state index contributed by atoms with van der Waals surface area (Å²) in [7, 11) is 3.48. The zero-order chi connectivity index (χ0) is 21.0. The number of ether oxygens (including phenoxy) is 1. The fourth-order valence-electron chi connectivity index (χ4n) is 3.32. The van der Waals surface area contributed by atoms with Gasteiger partial charge in [0.1, 0.15) is 12.4 Å². The summed E-state index contributed by atoms with van der Waals surface area (Å²) in [4.78, 5) is 15.6. The van der Waals surface area contributed by atoms with Gasteiger partial charge in [-0.05, 0) is 35.7 Å². The number of aryl methyl sites for hydroxylation is 1. The normalized spacial score (nSPS) is 14.7. The van der Waals surface area contributed by atoms with Crippen LogP contribution in [0.25, 0.3) is 0 Å². The Morgan fingerprint density at radius 2 is 1.79 bits per heavy atom. The van der Waals surface area contributed by atoms with Crippen molar-refractivity contribution in [2.75, 3.05) is 27.2 Å². The third-order valence-corrected chi connectivity index (χ3v) is 5.00. The predicted molar refractivity (Wildman–Crippen MR) is 105 cm³/mol. The molecular formula is C22H25F3N2O2. The smallest absolute Gasteiger partial charge is 0.416 e. The first-order chi connectivity index (χ1) is 13.7. The summed E-state index contributed by atoms with van der Waals surface area (Å²) in [5.74, 6) is 0.905. The number of hydrogen-bond donors (Lipinski definition) is 0. The zero-order valence-electron chi connectivity index (χ0n) is 16.6. The van der Waals surface area contributed by atoms with Crippen LogP contribution < -0.4 is 4.74 Å². The molecule has 0 aliphatic carbocycles. The summed E-state index contributed by atoms with van der Waals surface area (Å²) >= 11 is 0. The van der Waals surface area contributed by atoms with Crippen molar-refractivity contribution in [3.63, 3.8) is 0 Å². The molecule has 0 saturated carbocycles. The maximum Gasteiger partial charge on any atom is 0.416 e. The molecule has 29 heavy (non-hydrogen) atoms. The first-order valence-corrected chi connectivity index (χ1v) is 9.55. The van der Waals surface area contributed by atoms with Gasteiger partial charge in [-0.25, -0.2) is 0 Å². The van der Waals surface area contributed by atoms with E-state index in [-0.39, 0.29) is 5.91 Å². The van der Waals surface area contributed by atoms with Gasteiger partial charge < -0.3 is 9.64 Å². The molecule has 1 heterocycles. The Balaban J connectivity index is 1.67. The number of hydrogen-bond acceptors (Lipinski definition) is 3. The number of carbonyl (C=O) groups excluding carboxylic acids is 1. The summed E-state index contributed by atoms with van der Waals surface area (Å²) < 4.78 is 44.1. The van der Waals surface area contributed by atoms with E-state index in [1.54, 1.807) is 19.0 Å². The van der Waals surface area contributed by atoms with Crippen molar-refractivity contribution in [1.82, 2.24) is 9.80 Å². The summed E-state index contributed by atoms with van der Waals surface area (Å²) in [5, 5.41) is 0. The molecule has 0 radical (unpaired) electrons. The maximum absolute atomic E-state index is 12.7. The van der Waals surface area contributed by atoms with Crippen LogP contribution in [0.1, 0.15) is 28.7 Å². The minimum atomic E-state index is -4.32. The molecule has 156 valence electrons. The molecule has 7 heteroatoms. The SMILES string of the molecule is CN(C)C(=O)CCc1ccc2c(c1)CN(Cc1ccc(C(F)(F)F)cc1)CCO2. The van der Waals surface area contributed by atoms with Gasteiger partial charge in [0.05, 0.1) is 5.56 Å². The second-order valence-corrected chi connectivity index (χ2v) is 7.48. The predicted octanol–water partition coefficient (Wildman–Crippen LogP) is 4.12. The van der Waals surface area contributed by atoms with Crippen LogP contribution in [-0.4, -0.2) is 43.0 Å². The van der Waals surface area contributed by atoms with Crippen molar-refractivity contribution < 1.29 is 22.7 Å². The second-order valence-electron chi connectivity index (χ2n) is 7.48. The fraction of sp³-hybridized carbons (Fsp3) is 0.409. The number of halogens is 3. The summed E-state index contributed by atoms with van der Waals surface area (Å²) in [6.07, 6.45) is -3.22. The highest BCUT2D eigenvalue weighted by Gasteiger charge is 2.30. The van der Waals surface area contributed by atoms with Gasteiger partial charge in [-0.1, -0.05) is 24.3 Å². The molecule has 2 aromatic rings. The van der Waals surface area contributed by atoms with Crippen molar-refractivity contribution in [3.8, 4) is 5.75 Å². The van der Waals surface area contributed by atoms with Gasteiger partial charge >= 0.3 is 6.18 Å². The second kappa shape index (κ2) is 8.86. The Bertz CT molecular complexity index is 848. The lowest BCUT2D eigenvalue weighted by molar-refractivity contribution is -0.137. The van der Waals surface area contributed by atoms with Gasteiger partial charge in [0.2, 0.25) is 5.91 Å². The Kier molecular flexibility index (Phi) is 6.47. The highest BCUT2D eigenvalue weighted by molar-refractivity contribution is 5.75. The van der Waals surface area contributed by atoms with Crippen molar-refractivity contribution in [3.05, 3.63) is 64.7 Å². The standard InChI is InChI=1S/C22H25F3N2O2/c1-26(2)21(28)10-6-16-5-9-20-18(13-16)15-27(11-12-29-20)14-17-3-7-19(8-4-17)22(23,24)25/h3-5,7-9,13H,6,10-12,14-15H2,1-2H3. The number of fused-ring (bicyclic) bond motifs is 1. The molecule has 3 rings (SSSR count). The van der Waals surface area contributed by atoms with Crippen LogP contribution in [-0.2, 0) is 30.5 Å². The van der Waals surface area contributed by atoms with Gasteiger partial charge in [0, 0.05) is 45.7 Å². The number of amides is 1. The van der Waals surface area contributed by atoms with Gasteiger partial charge in [-0.3, -0.25) is 9.69 Å². The minimum absolute atomic E-state index is 0.0834. The molecule has 0 N–H and O–H groups in total. The number of nitrogens with zero attached hydrogens (tertiary/aromatic N) is 2. The topological polar surface area (TPSA) is 32.8 Å². The molecule has 0 unspecified atom stereocenters. The van der Waals surface area contributed by atoms with E-state index < -0.39 is 11.7 Å². The number of benzene rings is 2. The van der Waals surface area contributed by atoms with Crippen LogP contribution >= 0.6 is 0 Å².